The van der Waals surface area contributed by atoms with E-state index in [4.69, 9.17) is 14.2 Å². The number of rotatable bonds is 5. The van der Waals surface area contributed by atoms with E-state index in [2.05, 4.69) is 35.0 Å². The summed E-state index contributed by atoms with van der Waals surface area (Å²) >= 11 is 0. The number of benzene rings is 2. The normalized spacial score (nSPS) is 11.0. The van der Waals surface area contributed by atoms with E-state index in [-0.39, 0.29) is 0 Å². The minimum Gasteiger partial charge on any atom is -0.496 e. The van der Waals surface area contributed by atoms with Gasteiger partial charge >= 0.3 is 0 Å². The van der Waals surface area contributed by atoms with E-state index in [9.17, 15) is 0 Å². The quantitative estimate of drug-likeness (QED) is 0.663. The topological polar surface area (TPSA) is 31.6 Å². The van der Waals surface area contributed by atoms with E-state index >= 15 is 0 Å². The third kappa shape index (κ3) is 3.43. The Hall–Kier alpha value is -3.01. The first-order valence-corrected chi connectivity index (χ1v) is 8.02. The molecule has 0 atom stereocenters. The average Bonchev–Trinajstić information content (AvgIpc) is 2.65. The summed E-state index contributed by atoms with van der Waals surface area (Å²) in [6.45, 7) is 0. The highest BCUT2D eigenvalue weighted by molar-refractivity contribution is 5.83. The van der Waals surface area contributed by atoms with Crippen molar-refractivity contribution >= 4 is 22.9 Å². The Labute approximate surface area is 147 Å². The predicted octanol–water partition coefficient (Wildman–Crippen LogP) is 3.86. The first kappa shape index (κ1) is 16.8. The van der Waals surface area contributed by atoms with Crippen molar-refractivity contribution in [3.63, 3.8) is 0 Å². The Morgan fingerprint density at radius 3 is 2.04 bits per heavy atom. The summed E-state index contributed by atoms with van der Waals surface area (Å²) in [5, 5.41) is 2.41. The first-order chi connectivity index (χ1) is 12.2. The van der Waals surface area contributed by atoms with Gasteiger partial charge in [-0.2, -0.15) is 0 Å². The molecular formula is C21H22NO3+. The van der Waals surface area contributed by atoms with Crippen LogP contribution in [0.5, 0.6) is 17.2 Å². The lowest BCUT2D eigenvalue weighted by Crippen LogP contribution is -2.31. The standard InChI is InChI=1S/C21H22NO3/c1-22-14-16-8-6-5-7-15(16)11-17(22)9-10-19-20(24-3)12-18(23-2)13-21(19)25-4/h5-14H,1-4H3/q+1/b10-9+. The van der Waals surface area contributed by atoms with Gasteiger partial charge in [-0.25, -0.2) is 4.57 Å². The smallest absolute Gasteiger partial charge is 0.205 e. The van der Waals surface area contributed by atoms with Gasteiger partial charge in [0.05, 0.1) is 26.9 Å². The molecule has 0 saturated heterocycles. The minimum atomic E-state index is 0.696. The van der Waals surface area contributed by atoms with Crippen LogP contribution in [0, 0.1) is 0 Å². The lowest BCUT2D eigenvalue weighted by atomic mass is 10.1. The Bertz CT molecular complexity index is 907. The second kappa shape index (κ2) is 7.26. The molecule has 0 spiro atoms. The monoisotopic (exact) mass is 336 g/mol. The number of methoxy groups -OCH3 is 3. The van der Waals surface area contributed by atoms with Crippen LogP contribution in [0.2, 0.25) is 0 Å². The number of hydrogen-bond acceptors (Lipinski definition) is 3. The van der Waals surface area contributed by atoms with Gasteiger partial charge in [0.15, 0.2) is 6.20 Å². The van der Waals surface area contributed by atoms with Crippen LogP contribution < -0.4 is 18.8 Å². The predicted molar refractivity (Wildman–Crippen MR) is 100 cm³/mol. The average molecular weight is 336 g/mol. The van der Waals surface area contributed by atoms with Gasteiger partial charge in [0.2, 0.25) is 5.69 Å². The van der Waals surface area contributed by atoms with Crippen molar-refractivity contribution in [1.29, 1.82) is 0 Å². The van der Waals surface area contributed by atoms with Gasteiger partial charge in [-0.15, -0.1) is 0 Å². The maximum Gasteiger partial charge on any atom is 0.205 e. The van der Waals surface area contributed by atoms with Crippen LogP contribution in [0.25, 0.3) is 22.9 Å². The summed E-state index contributed by atoms with van der Waals surface area (Å²) in [5.41, 5.74) is 1.96. The number of ether oxygens (including phenoxy) is 3. The molecule has 0 aliphatic rings. The van der Waals surface area contributed by atoms with E-state index < -0.39 is 0 Å². The van der Waals surface area contributed by atoms with E-state index in [0.29, 0.717) is 17.2 Å². The molecule has 4 heteroatoms. The highest BCUT2D eigenvalue weighted by atomic mass is 16.5. The molecule has 2 aromatic carbocycles. The van der Waals surface area contributed by atoms with Crippen LogP contribution >= 0.6 is 0 Å². The van der Waals surface area contributed by atoms with E-state index in [1.54, 1.807) is 21.3 Å². The minimum absolute atomic E-state index is 0.696. The fourth-order valence-corrected chi connectivity index (χ4v) is 2.84. The second-order valence-corrected chi connectivity index (χ2v) is 5.72. The van der Waals surface area contributed by atoms with Crippen LogP contribution in [0.1, 0.15) is 11.3 Å². The first-order valence-electron chi connectivity index (χ1n) is 8.02. The zero-order chi connectivity index (χ0) is 17.8. The highest BCUT2D eigenvalue weighted by Crippen LogP contribution is 2.35. The van der Waals surface area contributed by atoms with E-state index in [1.165, 1.54) is 10.8 Å². The van der Waals surface area contributed by atoms with Crippen LogP contribution in [-0.4, -0.2) is 21.3 Å². The fraction of sp³-hybridized carbons (Fsp3) is 0.190. The molecule has 0 radical (unpaired) electrons. The number of pyridine rings is 1. The lowest BCUT2D eigenvalue weighted by Gasteiger charge is -2.12. The molecule has 0 saturated carbocycles. The van der Waals surface area contributed by atoms with Gasteiger partial charge in [0, 0.05) is 29.7 Å². The molecule has 3 rings (SSSR count). The maximum atomic E-state index is 5.50. The second-order valence-electron chi connectivity index (χ2n) is 5.72. The third-order valence-corrected chi connectivity index (χ3v) is 4.21. The summed E-state index contributed by atoms with van der Waals surface area (Å²) in [5.74, 6) is 2.11. The van der Waals surface area contributed by atoms with E-state index in [1.807, 2.05) is 37.4 Å². The van der Waals surface area contributed by atoms with Gasteiger partial charge in [0.25, 0.3) is 0 Å². The van der Waals surface area contributed by atoms with Crippen molar-refractivity contribution in [2.75, 3.05) is 21.3 Å². The zero-order valence-corrected chi connectivity index (χ0v) is 14.9. The molecule has 4 nitrogen and oxygen atoms in total. The molecule has 0 fully saturated rings. The van der Waals surface area contributed by atoms with Crippen LogP contribution in [0.3, 0.4) is 0 Å². The molecule has 3 aromatic rings. The largest absolute Gasteiger partial charge is 0.496 e. The fourth-order valence-electron chi connectivity index (χ4n) is 2.84. The Kier molecular flexibility index (Phi) is 4.89. The summed E-state index contributed by atoms with van der Waals surface area (Å²) < 4.78 is 18.4. The lowest BCUT2D eigenvalue weighted by molar-refractivity contribution is -0.671. The van der Waals surface area contributed by atoms with Crippen molar-refractivity contribution in [2.24, 2.45) is 7.05 Å². The molecule has 1 heterocycles. The summed E-state index contributed by atoms with van der Waals surface area (Å²) in [6, 6.07) is 14.2. The van der Waals surface area contributed by atoms with Crippen molar-refractivity contribution in [3.8, 4) is 17.2 Å². The van der Waals surface area contributed by atoms with Crippen LogP contribution in [-0.2, 0) is 7.05 Å². The number of nitrogens with zero attached hydrogens (tertiary/aromatic N) is 1. The van der Waals surface area contributed by atoms with Crippen molar-refractivity contribution in [3.05, 3.63) is 59.9 Å². The molecular weight excluding hydrogens is 314 g/mol. The summed E-state index contributed by atoms with van der Waals surface area (Å²) in [4.78, 5) is 0. The molecule has 0 unspecified atom stereocenters. The molecule has 0 aliphatic heterocycles. The Balaban J connectivity index is 2.06. The number of aryl methyl sites for hydroxylation is 1. The molecule has 128 valence electrons. The van der Waals surface area contributed by atoms with Crippen molar-refractivity contribution in [2.45, 2.75) is 0 Å². The van der Waals surface area contributed by atoms with Crippen LogP contribution in [0.4, 0.5) is 0 Å². The third-order valence-electron chi connectivity index (χ3n) is 4.21. The molecule has 0 aliphatic carbocycles. The van der Waals surface area contributed by atoms with Crippen molar-refractivity contribution < 1.29 is 18.8 Å². The van der Waals surface area contributed by atoms with Gasteiger partial charge in [0.1, 0.15) is 24.3 Å². The molecule has 0 N–H and O–H groups in total. The van der Waals surface area contributed by atoms with Gasteiger partial charge in [-0.1, -0.05) is 18.2 Å². The van der Waals surface area contributed by atoms with Gasteiger partial charge in [-0.3, -0.25) is 0 Å². The van der Waals surface area contributed by atoms with Gasteiger partial charge < -0.3 is 14.2 Å². The number of fused-ring (bicyclic) bond motifs is 1. The molecule has 0 bridgehead atoms. The molecule has 0 amide bonds. The van der Waals surface area contributed by atoms with Crippen LogP contribution in [0.15, 0.2) is 48.7 Å². The van der Waals surface area contributed by atoms with Crippen molar-refractivity contribution in [1.82, 2.24) is 0 Å². The zero-order valence-electron chi connectivity index (χ0n) is 14.9. The highest BCUT2D eigenvalue weighted by Gasteiger charge is 2.12. The maximum absolute atomic E-state index is 5.50. The summed E-state index contributed by atoms with van der Waals surface area (Å²) in [6.07, 6.45) is 6.18. The SMILES string of the molecule is COc1cc(OC)c(/C=C/c2cc3ccccc3c[n+]2C)c(OC)c1. The molecule has 1 aromatic heterocycles. The molecule has 25 heavy (non-hydrogen) atoms. The summed E-state index contributed by atoms with van der Waals surface area (Å²) in [7, 11) is 6.94. The Morgan fingerprint density at radius 1 is 0.800 bits per heavy atom. The van der Waals surface area contributed by atoms with Gasteiger partial charge in [-0.05, 0) is 17.5 Å². The van der Waals surface area contributed by atoms with E-state index in [0.717, 1.165) is 11.3 Å². The number of hydrogen-bond donors (Lipinski definition) is 0. The Morgan fingerprint density at radius 2 is 1.44 bits per heavy atom. The number of aromatic nitrogens is 1.